The van der Waals surface area contributed by atoms with Crippen molar-refractivity contribution in [1.82, 2.24) is 4.90 Å². The van der Waals surface area contributed by atoms with Crippen LogP contribution in [0, 0.1) is 29.1 Å². The average Bonchev–Trinajstić information content (AvgIpc) is 2.43. The van der Waals surface area contributed by atoms with Crippen molar-refractivity contribution in [2.45, 2.75) is 0 Å². The van der Waals surface area contributed by atoms with E-state index < -0.39 is 47.8 Å². The fourth-order valence-electron chi connectivity index (χ4n) is 2.48. The van der Waals surface area contributed by atoms with Gasteiger partial charge in [0.2, 0.25) is 0 Å². The Bertz CT molecular complexity index is 547. The molecule has 4 nitrogen and oxygen atoms in total. The Morgan fingerprint density at radius 3 is 1.41 bits per heavy atom. The summed E-state index contributed by atoms with van der Waals surface area (Å²) in [5.74, 6) is -10.1. The summed E-state index contributed by atoms with van der Waals surface area (Å²) >= 11 is -4.82. The summed E-state index contributed by atoms with van der Waals surface area (Å²) < 4.78 is 83.4. The molecule has 1 aromatic carbocycles. The van der Waals surface area contributed by atoms with Crippen molar-refractivity contribution in [3.63, 3.8) is 0 Å². The Morgan fingerprint density at radius 2 is 1.00 bits per heavy atom. The quantitative estimate of drug-likeness (QED) is 0.311. The molecule has 1 aromatic rings. The molecule has 3 aliphatic heterocycles. The zero-order valence-electron chi connectivity index (χ0n) is 11.3. The van der Waals surface area contributed by atoms with Gasteiger partial charge in [-0.15, -0.1) is 0 Å². The molecule has 3 aliphatic rings. The van der Waals surface area contributed by atoms with Crippen molar-refractivity contribution in [1.29, 1.82) is 0 Å². The van der Waals surface area contributed by atoms with Crippen LogP contribution < -0.4 is 4.40 Å². The van der Waals surface area contributed by atoms with E-state index in [4.69, 9.17) is 11.3 Å². The SMILES string of the molecule is Fc1c(F)c(F)[c]([Ge]23[O]CCN(CC[O]2)CC[O]3)c(F)c1F. The van der Waals surface area contributed by atoms with Gasteiger partial charge in [-0.1, -0.05) is 0 Å². The predicted molar refractivity (Wildman–Crippen MR) is 65.9 cm³/mol. The summed E-state index contributed by atoms with van der Waals surface area (Å²) in [7, 11) is 0. The van der Waals surface area contributed by atoms with Gasteiger partial charge in [0, 0.05) is 0 Å². The van der Waals surface area contributed by atoms with Crippen LogP contribution >= 0.6 is 0 Å². The zero-order chi connectivity index (χ0) is 15.9. The zero-order valence-corrected chi connectivity index (χ0v) is 13.4. The van der Waals surface area contributed by atoms with E-state index in [2.05, 4.69) is 0 Å². The predicted octanol–water partition coefficient (Wildman–Crippen LogP) is 0.907. The normalized spacial score (nSPS) is 29.0. The molecule has 0 radical (unpaired) electrons. The van der Waals surface area contributed by atoms with Crippen LogP contribution in [0.3, 0.4) is 0 Å². The minimum atomic E-state index is -4.82. The molecule has 2 bridgehead atoms. The minimum absolute atomic E-state index is 0.0412. The number of hydrogen-bond acceptors (Lipinski definition) is 4. The van der Waals surface area contributed by atoms with Crippen LogP contribution in [0.5, 0.6) is 0 Å². The number of rotatable bonds is 1. The first-order chi connectivity index (χ1) is 10.5. The Morgan fingerprint density at radius 1 is 0.636 bits per heavy atom. The molecular formula is C12H12F5GeNO3. The van der Waals surface area contributed by atoms with Crippen molar-refractivity contribution in [3.8, 4) is 0 Å². The monoisotopic (exact) mass is 387 g/mol. The molecule has 10 heteroatoms. The maximum absolute atomic E-state index is 14.1. The van der Waals surface area contributed by atoms with Crippen LogP contribution in [0.4, 0.5) is 22.0 Å². The van der Waals surface area contributed by atoms with Crippen molar-refractivity contribution in [3.05, 3.63) is 29.1 Å². The summed E-state index contributed by atoms with van der Waals surface area (Å²) in [6.07, 6.45) is 0. The Balaban J connectivity index is 2.15. The summed E-state index contributed by atoms with van der Waals surface area (Å²) in [6, 6.07) is 0. The van der Waals surface area contributed by atoms with Gasteiger partial charge in [-0.05, 0) is 0 Å². The summed E-state index contributed by atoms with van der Waals surface area (Å²) in [6.45, 7) is 1.57. The van der Waals surface area contributed by atoms with Crippen molar-refractivity contribution < 1.29 is 33.2 Å². The second-order valence-corrected chi connectivity index (χ2v) is 10.1. The van der Waals surface area contributed by atoms with Gasteiger partial charge in [-0.25, -0.2) is 0 Å². The molecule has 3 heterocycles. The van der Waals surface area contributed by atoms with E-state index >= 15 is 0 Å². The topological polar surface area (TPSA) is 30.9 Å². The maximum atomic E-state index is 14.1. The van der Waals surface area contributed by atoms with Crippen LogP contribution in [-0.2, 0) is 11.3 Å². The third-order valence-electron chi connectivity index (χ3n) is 3.61. The van der Waals surface area contributed by atoms with Crippen LogP contribution in [0.15, 0.2) is 0 Å². The molecule has 4 rings (SSSR count). The van der Waals surface area contributed by atoms with E-state index in [1.54, 1.807) is 0 Å². The molecule has 22 heavy (non-hydrogen) atoms. The van der Waals surface area contributed by atoms with Crippen molar-refractivity contribution in [2.75, 3.05) is 39.5 Å². The van der Waals surface area contributed by atoms with E-state index in [0.717, 1.165) is 0 Å². The Labute approximate surface area is 126 Å². The second kappa shape index (κ2) is 6.04. The number of halogens is 5. The van der Waals surface area contributed by atoms with Gasteiger partial charge in [-0.3, -0.25) is 0 Å². The van der Waals surface area contributed by atoms with Gasteiger partial charge in [-0.2, -0.15) is 0 Å². The van der Waals surface area contributed by atoms with Crippen LogP contribution in [0.25, 0.3) is 0 Å². The molecule has 0 amide bonds. The summed E-state index contributed by atoms with van der Waals surface area (Å²) in [5.41, 5.74) is 0. The van der Waals surface area contributed by atoms with Gasteiger partial charge in [0.1, 0.15) is 0 Å². The fourth-order valence-corrected chi connectivity index (χ4v) is 7.77. The van der Waals surface area contributed by atoms with Gasteiger partial charge in [0.15, 0.2) is 0 Å². The first-order valence-electron chi connectivity index (χ1n) is 6.62. The van der Waals surface area contributed by atoms with Gasteiger partial charge in [0.05, 0.1) is 0 Å². The second-order valence-electron chi connectivity index (χ2n) is 4.89. The molecule has 3 saturated heterocycles. The van der Waals surface area contributed by atoms with Gasteiger partial charge >= 0.3 is 125 Å². The molecule has 0 atom stereocenters. The van der Waals surface area contributed by atoms with Crippen LogP contribution in [-0.4, -0.2) is 58.6 Å². The van der Waals surface area contributed by atoms with E-state index in [1.165, 1.54) is 0 Å². The first kappa shape index (κ1) is 16.1. The molecule has 0 N–H and O–H groups in total. The standard InChI is InChI=1S/C12H12F5GeNO3/c13-7-8(14)10(16)12(11(17)9(7)15)18-20-4-1-19(2-5-21-18)3-6-22-18/h1-6H2. The van der Waals surface area contributed by atoms with Crippen LogP contribution in [0.2, 0.25) is 0 Å². The molecule has 3 fully saturated rings. The van der Waals surface area contributed by atoms with E-state index in [0.29, 0.717) is 19.6 Å². The Hall–Kier alpha value is -0.747. The van der Waals surface area contributed by atoms with Gasteiger partial charge < -0.3 is 0 Å². The van der Waals surface area contributed by atoms with E-state index in [1.807, 2.05) is 4.90 Å². The molecular weight excluding hydrogens is 374 g/mol. The molecule has 122 valence electrons. The molecule has 0 unspecified atom stereocenters. The molecule has 0 saturated carbocycles. The molecule has 0 aliphatic carbocycles. The summed E-state index contributed by atoms with van der Waals surface area (Å²) in [4.78, 5) is 1.96. The van der Waals surface area contributed by atoms with E-state index in [-0.39, 0.29) is 19.8 Å². The third kappa shape index (κ3) is 2.54. The number of hydrogen-bond donors (Lipinski definition) is 0. The van der Waals surface area contributed by atoms with E-state index in [9.17, 15) is 22.0 Å². The van der Waals surface area contributed by atoms with Crippen molar-refractivity contribution in [2.24, 2.45) is 0 Å². The average molecular weight is 386 g/mol. The first-order valence-corrected chi connectivity index (χ1v) is 10.2. The molecule has 0 spiro atoms. The van der Waals surface area contributed by atoms with Gasteiger partial charge in [0.25, 0.3) is 0 Å². The number of benzene rings is 1. The Kier molecular flexibility index (Phi) is 4.43. The number of fused-ring (bicyclic) bond motifs is 6. The van der Waals surface area contributed by atoms with Crippen molar-refractivity contribution >= 4 is 18.7 Å². The fraction of sp³-hybridized carbons (Fsp3) is 0.500. The molecule has 0 aromatic heterocycles. The van der Waals surface area contributed by atoms with Crippen LogP contribution in [0.1, 0.15) is 0 Å². The number of nitrogens with zero attached hydrogens (tertiary/aromatic N) is 1. The summed E-state index contributed by atoms with van der Waals surface area (Å²) in [5, 5.41) is 0. The third-order valence-corrected chi connectivity index (χ3v) is 9.50.